The van der Waals surface area contributed by atoms with Crippen LogP contribution in [0.1, 0.15) is 11.1 Å². The molecule has 0 bridgehead atoms. The second kappa shape index (κ2) is 7.68. The van der Waals surface area contributed by atoms with Gasteiger partial charge in [-0.15, -0.1) is 0 Å². The van der Waals surface area contributed by atoms with E-state index in [1.165, 1.54) is 13.2 Å². The average Bonchev–Trinajstić information content (AvgIpc) is 2.48. The van der Waals surface area contributed by atoms with Crippen molar-refractivity contribution in [3.8, 4) is 5.75 Å². The number of methoxy groups -OCH3 is 1. The van der Waals surface area contributed by atoms with E-state index < -0.39 is 21.5 Å². The molecule has 1 N–H and O–H groups in total. The Morgan fingerprint density at radius 1 is 1.17 bits per heavy atom. The number of aryl methyl sites for hydroxylation is 1. The van der Waals surface area contributed by atoms with Gasteiger partial charge in [0.05, 0.1) is 12.9 Å². The number of ether oxygens (including phenoxy) is 1. The maximum Gasteiger partial charge on any atom is 0.239 e. The van der Waals surface area contributed by atoms with E-state index in [-0.39, 0.29) is 5.75 Å². The highest BCUT2D eigenvalue weighted by Crippen LogP contribution is 2.24. The molecule has 5 nitrogen and oxygen atoms in total. The second-order valence-electron chi connectivity index (χ2n) is 5.40. The largest absolute Gasteiger partial charge is 0.496 e. The van der Waals surface area contributed by atoms with E-state index in [1.807, 2.05) is 19.1 Å². The number of carbonyl (C=O) groups excluding carboxylic acids is 1. The lowest BCUT2D eigenvalue weighted by Crippen LogP contribution is -2.24. The average molecular weight is 368 g/mol. The van der Waals surface area contributed by atoms with Crippen LogP contribution in [-0.4, -0.2) is 27.2 Å². The van der Waals surface area contributed by atoms with Gasteiger partial charge in [-0.1, -0.05) is 29.3 Å². The summed E-state index contributed by atoms with van der Waals surface area (Å²) in [6, 6.07) is 11.8. The van der Waals surface area contributed by atoms with E-state index >= 15 is 0 Å². The van der Waals surface area contributed by atoms with Crippen LogP contribution >= 0.6 is 11.6 Å². The number of nitrogens with one attached hydrogen (secondary N) is 1. The molecule has 0 saturated carbocycles. The van der Waals surface area contributed by atoms with Crippen LogP contribution in [0, 0.1) is 6.92 Å². The Bertz CT molecular complexity index is 832. The second-order valence-corrected chi connectivity index (χ2v) is 7.90. The van der Waals surface area contributed by atoms with Gasteiger partial charge in [0.15, 0.2) is 9.84 Å². The van der Waals surface area contributed by atoms with Gasteiger partial charge in [-0.25, -0.2) is 8.42 Å². The first-order valence-electron chi connectivity index (χ1n) is 7.18. The Labute approximate surface area is 146 Å². The van der Waals surface area contributed by atoms with Gasteiger partial charge in [0.2, 0.25) is 5.91 Å². The van der Waals surface area contributed by atoms with Crippen molar-refractivity contribution >= 4 is 33.0 Å². The first-order chi connectivity index (χ1) is 11.3. The van der Waals surface area contributed by atoms with Crippen LogP contribution in [0.15, 0.2) is 42.5 Å². The normalized spacial score (nSPS) is 11.1. The van der Waals surface area contributed by atoms with Crippen LogP contribution < -0.4 is 10.1 Å². The van der Waals surface area contributed by atoms with Crippen molar-refractivity contribution in [1.82, 2.24) is 0 Å². The molecule has 0 aliphatic rings. The maximum atomic E-state index is 12.3. The summed E-state index contributed by atoms with van der Waals surface area (Å²) in [5.74, 6) is -1.10. The van der Waals surface area contributed by atoms with E-state index in [1.54, 1.807) is 24.3 Å². The number of anilines is 1. The minimum Gasteiger partial charge on any atom is -0.496 e. The summed E-state index contributed by atoms with van der Waals surface area (Å²) in [5.41, 5.74) is 2.03. The third-order valence-electron chi connectivity index (χ3n) is 3.30. The zero-order chi connectivity index (χ0) is 17.7. The molecule has 0 unspecified atom stereocenters. The summed E-state index contributed by atoms with van der Waals surface area (Å²) in [6.07, 6.45) is 0. The van der Waals surface area contributed by atoms with Gasteiger partial charge in [-0.3, -0.25) is 4.79 Å². The first kappa shape index (κ1) is 18.3. The number of rotatable bonds is 6. The molecule has 24 heavy (non-hydrogen) atoms. The summed E-state index contributed by atoms with van der Waals surface area (Å²) in [5, 5.41) is 2.98. The number of sulfone groups is 1. The Morgan fingerprint density at radius 3 is 2.46 bits per heavy atom. The zero-order valence-corrected chi connectivity index (χ0v) is 14.9. The molecule has 128 valence electrons. The molecule has 0 spiro atoms. The number of benzene rings is 2. The zero-order valence-electron chi connectivity index (χ0n) is 13.4. The molecule has 0 aromatic heterocycles. The number of halogens is 1. The number of carbonyl (C=O) groups is 1. The number of hydrogen-bond acceptors (Lipinski definition) is 4. The van der Waals surface area contributed by atoms with Gasteiger partial charge in [0.1, 0.15) is 11.5 Å². The fourth-order valence-corrected chi connectivity index (χ4v) is 3.65. The minimum absolute atomic E-state index is 0.321. The first-order valence-corrected chi connectivity index (χ1v) is 9.38. The highest BCUT2D eigenvalue weighted by Gasteiger charge is 2.20. The van der Waals surface area contributed by atoms with Crippen LogP contribution in [0.3, 0.4) is 0 Å². The minimum atomic E-state index is -3.66. The summed E-state index contributed by atoms with van der Waals surface area (Å²) in [6.45, 7) is 1.93. The Morgan fingerprint density at radius 2 is 1.83 bits per heavy atom. The third kappa shape index (κ3) is 5.25. The van der Waals surface area contributed by atoms with Gasteiger partial charge in [-0.05, 0) is 37.3 Å². The molecule has 2 aromatic rings. The van der Waals surface area contributed by atoms with Crippen LogP contribution in [0.25, 0.3) is 0 Å². The van der Waals surface area contributed by atoms with Crippen molar-refractivity contribution in [2.75, 3.05) is 18.2 Å². The van der Waals surface area contributed by atoms with Gasteiger partial charge < -0.3 is 10.1 Å². The summed E-state index contributed by atoms with van der Waals surface area (Å²) in [4.78, 5) is 12.0. The van der Waals surface area contributed by atoms with Crippen molar-refractivity contribution in [3.63, 3.8) is 0 Å². The molecule has 0 saturated heterocycles. The number of hydrogen-bond donors (Lipinski definition) is 1. The fraction of sp³-hybridized carbons (Fsp3) is 0.235. The predicted molar refractivity (Wildman–Crippen MR) is 95.3 cm³/mol. The molecule has 1 amide bonds. The van der Waals surface area contributed by atoms with Crippen molar-refractivity contribution < 1.29 is 17.9 Å². The quantitative estimate of drug-likeness (QED) is 0.850. The molecule has 0 aliphatic heterocycles. The highest BCUT2D eigenvalue weighted by molar-refractivity contribution is 7.91. The van der Waals surface area contributed by atoms with E-state index in [0.717, 1.165) is 5.56 Å². The molecule has 0 aliphatic carbocycles. The lowest BCUT2D eigenvalue weighted by Gasteiger charge is -2.10. The molecule has 7 heteroatoms. The predicted octanol–water partition coefficient (Wildman–Crippen LogP) is 3.21. The van der Waals surface area contributed by atoms with Crippen molar-refractivity contribution in [2.24, 2.45) is 0 Å². The third-order valence-corrected chi connectivity index (χ3v) is 4.99. The molecule has 0 fully saturated rings. The molecule has 2 rings (SSSR count). The molecule has 0 atom stereocenters. The molecule has 0 heterocycles. The van der Waals surface area contributed by atoms with Crippen molar-refractivity contribution in [2.45, 2.75) is 12.7 Å². The molecule has 2 aromatic carbocycles. The Hall–Kier alpha value is -2.05. The SMILES string of the molecule is COc1ccc(Cl)cc1CS(=O)(=O)CC(=O)Nc1ccc(C)cc1. The maximum absolute atomic E-state index is 12.3. The van der Waals surface area contributed by atoms with Crippen LogP contribution in [0.4, 0.5) is 5.69 Å². The van der Waals surface area contributed by atoms with Crippen molar-refractivity contribution in [1.29, 1.82) is 0 Å². The van der Waals surface area contributed by atoms with E-state index in [9.17, 15) is 13.2 Å². The lowest BCUT2D eigenvalue weighted by molar-refractivity contribution is -0.113. The van der Waals surface area contributed by atoms with E-state index in [0.29, 0.717) is 22.0 Å². The number of amides is 1. The van der Waals surface area contributed by atoms with Gasteiger partial charge in [0.25, 0.3) is 0 Å². The highest BCUT2D eigenvalue weighted by atomic mass is 35.5. The fourth-order valence-electron chi connectivity index (χ4n) is 2.18. The van der Waals surface area contributed by atoms with E-state index in [2.05, 4.69) is 5.32 Å². The molecular formula is C17H18ClNO4S. The van der Waals surface area contributed by atoms with Crippen LogP contribution in [-0.2, 0) is 20.4 Å². The van der Waals surface area contributed by atoms with Gasteiger partial charge in [0, 0.05) is 16.3 Å². The summed E-state index contributed by atoms with van der Waals surface area (Å²) in [7, 11) is -2.21. The van der Waals surface area contributed by atoms with Crippen LogP contribution in [0.2, 0.25) is 5.02 Å². The smallest absolute Gasteiger partial charge is 0.239 e. The Balaban J connectivity index is 2.06. The van der Waals surface area contributed by atoms with Gasteiger partial charge in [-0.2, -0.15) is 0 Å². The Kier molecular flexibility index (Phi) is 5.85. The van der Waals surface area contributed by atoms with E-state index in [4.69, 9.17) is 16.3 Å². The standard InChI is InChI=1S/C17H18ClNO4S/c1-12-3-6-15(7-4-12)19-17(20)11-24(21,22)10-13-9-14(18)5-8-16(13)23-2/h3-9H,10-11H2,1-2H3,(H,19,20). The van der Waals surface area contributed by atoms with Crippen LogP contribution in [0.5, 0.6) is 5.75 Å². The summed E-state index contributed by atoms with van der Waals surface area (Å²) >= 11 is 5.90. The van der Waals surface area contributed by atoms with Crippen molar-refractivity contribution in [3.05, 3.63) is 58.6 Å². The monoisotopic (exact) mass is 367 g/mol. The molecule has 0 radical (unpaired) electrons. The molecular weight excluding hydrogens is 350 g/mol. The topological polar surface area (TPSA) is 72.5 Å². The lowest BCUT2D eigenvalue weighted by atomic mass is 10.2. The summed E-state index contributed by atoms with van der Waals surface area (Å²) < 4.78 is 29.7. The van der Waals surface area contributed by atoms with Gasteiger partial charge >= 0.3 is 0 Å².